The molecule has 0 bridgehead atoms. The second kappa shape index (κ2) is 5.86. The van der Waals surface area contributed by atoms with Crippen LogP contribution in [0.2, 0.25) is 0 Å². The maximum absolute atomic E-state index is 3.70. The van der Waals surface area contributed by atoms with Crippen LogP contribution >= 0.6 is 15.9 Å². The van der Waals surface area contributed by atoms with Crippen molar-refractivity contribution in [3.8, 4) is 0 Å². The summed E-state index contributed by atoms with van der Waals surface area (Å²) in [5, 5.41) is 1.16. The molecule has 0 aromatic heterocycles. The van der Waals surface area contributed by atoms with Gasteiger partial charge >= 0.3 is 0 Å². The van der Waals surface area contributed by atoms with Crippen LogP contribution in [0.4, 0.5) is 0 Å². The first-order valence-electron chi connectivity index (χ1n) is 6.41. The van der Waals surface area contributed by atoms with Gasteiger partial charge in [-0.3, -0.25) is 0 Å². The summed E-state index contributed by atoms with van der Waals surface area (Å²) in [6, 6.07) is 9.05. The molecule has 0 radical (unpaired) electrons. The highest BCUT2D eigenvalue weighted by Crippen LogP contribution is 2.34. The van der Waals surface area contributed by atoms with E-state index in [0.29, 0.717) is 0 Å². The van der Waals surface area contributed by atoms with Crippen LogP contribution in [0, 0.1) is 18.8 Å². The summed E-state index contributed by atoms with van der Waals surface area (Å²) >= 11 is 3.70. The largest absolute Gasteiger partial charge is 0.0925 e. The Balaban J connectivity index is 1.97. The van der Waals surface area contributed by atoms with E-state index >= 15 is 0 Å². The van der Waals surface area contributed by atoms with Gasteiger partial charge in [0.05, 0.1) is 0 Å². The zero-order valence-electron chi connectivity index (χ0n) is 10.1. The maximum Gasteiger partial charge on any atom is 0.00654 e. The van der Waals surface area contributed by atoms with Crippen LogP contribution in [-0.2, 0) is 6.42 Å². The minimum absolute atomic E-state index is 0.838. The Bertz CT molecular complexity index is 309. The number of benzene rings is 1. The lowest BCUT2D eigenvalue weighted by Crippen LogP contribution is -2.16. The van der Waals surface area contributed by atoms with E-state index in [2.05, 4.69) is 47.1 Å². The lowest BCUT2D eigenvalue weighted by Gasteiger charge is -2.21. The van der Waals surface area contributed by atoms with Crippen LogP contribution in [-0.4, -0.2) is 5.33 Å². The van der Waals surface area contributed by atoms with Gasteiger partial charge < -0.3 is 0 Å². The van der Waals surface area contributed by atoms with Gasteiger partial charge in [0.15, 0.2) is 0 Å². The molecule has 1 aliphatic carbocycles. The van der Waals surface area contributed by atoms with E-state index < -0.39 is 0 Å². The molecule has 1 aromatic rings. The highest BCUT2D eigenvalue weighted by atomic mass is 79.9. The molecule has 1 saturated carbocycles. The Morgan fingerprint density at radius 2 is 1.81 bits per heavy atom. The highest BCUT2D eigenvalue weighted by molar-refractivity contribution is 9.09. The molecule has 2 rings (SSSR count). The summed E-state index contributed by atoms with van der Waals surface area (Å²) in [6.45, 7) is 2.16. The Labute approximate surface area is 108 Å². The molecule has 1 aromatic carbocycles. The van der Waals surface area contributed by atoms with E-state index in [1.165, 1.54) is 43.2 Å². The molecular formula is C15H21Br. The van der Waals surface area contributed by atoms with E-state index in [1.54, 1.807) is 0 Å². The maximum atomic E-state index is 3.70. The van der Waals surface area contributed by atoms with Gasteiger partial charge in [0.25, 0.3) is 0 Å². The molecular weight excluding hydrogens is 260 g/mol. The van der Waals surface area contributed by atoms with E-state index in [0.717, 1.165) is 17.2 Å². The van der Waals surface area contributed by atoms with Crippen molar-refractivity contribution in [2.75, 3.05) is 5.33 Å². The smallest absolute Gasteiger partial charge is 0.00654 e. The van der Waals surface area contributed by atoms with E-state index in [-0.39, 0.29) is 0 Å². The molecule has 0 N–H and O–H groups in total. The average Bonchev–Trinajstić information content (AvgIpc) is 2.82. The molecule has 1 fully saturated rings. The SMILES string of the molecule is Cc1ccc(CC(CBr)C2CCCC2)cc1. The minimum Gasteiger partial charge on any atom is -0.0925 e. The van der Waals surface area contributed by atoms with E-state index in [1.807, 2.05) is 0 Å². The number of hydrogen-bond donors (Lipinski definition) is 0. The van der Waals surface area contributed by atoms with Crippen LogP contribution in [0.5, 0.6) is 0 Å². The van der Waals surface area contributed by atoms with Crippen molar-refractivity contribution in [2.45, 2.75) is 39.0 Å². The van der Waals surface area contributed by atoms with Crippen molar-refractivity contribution in [3.63, 3.8) is 0 Å². The van der Waals surface area contributed by atoms with Gasteiger partial charge in [-0.05, 0) is 30.7 Å². The summed E-state index contributed by atoms with van der Waals surface area (Å²) in [6.07, 6.45) is 7.03. The normalized spacial score (nSPS) is 18.9. The van der Waals surface area contributed by atoms with Crippen molar-refractivity contribution in [3.05, 3.63) is 35.4 Å². The van der Waals surface area contributed by atoms with Crippen LogP contribution in [0.3, 0.4) is 0 Å². The third kappa shape index (κ3) is 3.10. The molecule has 0 spiro atoms. The topological polar surface area (TPSA) is 0 Å². The van der Waals surface area contributed by atoms with E-state index in [4.69, 9.17) is 0 Å². The standard InChI is InChI=1S/C15H21Br/c1-12-6-8-13(9-7-12)10-15(11-16)14-4-2-3-5-14/h6-9,14-15H,2-5,10-11H2,1H3. The van der Waals surface area contributed by atoms with Crippen molar-refractivity contribution in [1.29, 1.82) is 0 Å². The zero-order valence-corrected chi connectivity index (χ0v) is 11.7. The second-order valence-electron chi connectivity index (χ2n) is 5.15. The first kappa shape index (κ1) is 12.2. The summed E-state index contributed by atoms with van der Waals surface area (Å²) in [5.41, 5.74) is 2.86. The summed E-state index contributed by atoms with van der Waals surface area (Å²) in [4.78, 5) is 0. The zero-order chi connectivity index (χ0) is 11.4. The van der Waals surface area contributed by atoms with Gasteiger partial charge in [-0.25, -0.2) is 0 Å². The molecule has 0 saturated heterocycles. The molecule has 1 atom stereocenters. The van der Waals surface area contributed by atoms with Gasteiger partial charge in [-0.1, -0.05) is 71.4 Å². The van der Waals surface area contributed by atoms with Gasteiger partial charge in [-0.2, -0.15) is 0 Å². The van der Waals surface area contributed by atoms with Crippen molar-refractivity contribution >= 4 is 15.9 Å². The van der Waals surface area contributed by atoms with Crippen LogP contribution in [0.1, 0.15) is 36.8 Å². The fraction of sp³-hybridized carbons (Fsp3) is 0.600. The van der Waals surface area contributed by atoms with Gasteiger partial charge in [0, 0.05) is 5.33 Å². The number of halogens is 1. The number of rotatable bonds is 4. The molecule has 16 heavy (non-hydrogen) atoms. The molecule has 1 heteroatoms. The van der Waals surface area contributed by atoms with Crippen LogP contribution in [0.25, 0.3) is 0 Å². The van der Waals surface area contributed by atoms with Crippen molar-refractivity contribution < 1.29 is 0 Å². The first-order chi connectivity index (χ1) is 7.79. The minimum atomic E-state index is 0.838. The quantitative estimate of drug-likeness (QED) is 0.699. The average molecular weight is 281 g/mol. The van der Waals surface area contributed by atoms with Gasteiger partial charge in [-0.15, -0.1) is 0 Å². The van der Waals surface area contributed by atoms with Gasteiger partial charge in [0.2, 0.25) is 0 Å². The molecule has 0 amide bonds. The molecule has 88 valence electrons. The summed E-state index contributed by atoms with van der Waals surface area (Å²) in [7, 11) is 0. The van der Waals surface area contributed by atoms with Crippen LogP contribution < -0.4 is 0 Å². The Morgan fingerprint density at radius 1 is 1.19 bits per heavy atom. The molecule has 0 heterocycles. The summed E-state index contributed by atoms with van der Waals surface area (Å²) < 4.78 is 0. The first-order valence-corrected chi connectivity index (χ1v) is 7.53. The predicted octanol–water partition coefficient (Wildman–Crippen LogP) is 4.74. The molecule has 1 unspecified atom stereocenters. The van der Waals surface area contributed by atoms with Crippen molar-refractivity contribution in [1.82, 2.24) is 0 Å². The molecule has 0 aliphatic heterocycles. The number of aryl methyl sites for hydroxylation is 1. The number of alkyl halides is 1. The Kier molecular flexibility index (Phi) is 4.45. The van der Waals surface area contributed by atoms with E-state index in [9.17, 15) is 0 Å². The Hall–Kier alpha value is -0.300. The monoisotopic (exact) mass is 280 g/mol. The highest BCUT2D eigenvalue weighted by Gasteiger charge is 2.24. The van der Waals surface area contributed by atoms with Crippen LogP contribution in [0.15, 0.2) is 24.3 Å². The lowest BCUT2D eigenvalue weighted by atomic mass is 9.87. The van der Waals surface area contributed by atoms with Crippen molar-refractivity contribution in [2.24, 2.45) is 11.8 Å². The Morgan fingerprint density at radius 3 is 2.38 bits per heavy atom. The molecule has 1 aliphatic rings. The molecule has 0 nitrogen and oxygen atoms in total. The third-order valence-electron chi connectivity index (χ3n) is 3.88. The second-order valence-corrected chi connectivity index (χ2v) is 5.80. The third-order valence-corrected chi connectivity index (χ3v) is 4.71. The summed E-state index contributed by atoms with van der Waals surface area (Å²) in [5.74, 6) is 1.80. The fourth-order valence-electron chi connectivity index (χ4n) is 2.80. The lowest BCUT2D eigenvalue weighted by molar-refractivity contribution is 0.373. The predicted molar refractivity (Wildman–Crippen MR) is 74.1 cm³/mol. The van der Waals surface area contributed by atoms with Gasteiger partial charge in [0.1, 0.15) is 0 Å². The number of hydrogen-bond acceptors (Lipinski definition) is 0. The fourth-order valence-corrected chi connectivity index (χ4v) is 3.56.